The summed E-state index contributed by atoms with van der Waals surface area (Å²) < 4.78 is 35.5. The van der Waals surface area contributed by atoms with Crippen molar-refractivity contribution in [2.24, 2.45) is 10.9 Å². The van der Waals surface area contributed by atoms with E-state index in [1.165, 1.54) is 12.1 Å². The van der Waals surface area contributed by atoms with Crippen LogP contribution in [0.5, 0.6) is 11.5 Å². The van der Waals surface area contributed by atoms with Crippen molar-refractivity contribution in [1.82, 2.24) is 0 Å². The highest BCUT2D eigenvalue weighted by atomic mass is 32.2. The fourth-order valence-electron chi connectivity index (χ4n) is 2.52. The van der Waals surface area contributed by atoms with Gasteiger partial charge in [0.2, 0.25) is 0 Å². The molecule has 0 atom stereocenters. The Hall–Kier alpha value is -3.32. The lowest BCUT2D eigenvalue weighted by atomic mass is 10.1. The fraction of sp³-hybridized carbons (Fsp3) is 0.0952. The Morgan fingerprint density at radius 1 is 0.893 bits per heavy atom. The number of hydrogen-bond acceptors (Lipinski definition) is 6. The minimum Gasteiger partial charge on any atom is -0.493 e. The van der Waals surface area contributed by atoms with Crippen LogP contribution in [-0.2, 0) is 16.5 Å². The van der Waals surface area contributed by atoms with E-state index in [9.17, 15) is 8.42 Å². The van der Waals surface area contributed by atoms with Gasteiger partial charge in [-0.2, -0.15) is 13.5 Å². The van der Waals surface area contributed by atoms with Gasteiger partial charge in [-0.1, -0.05) is 48.5 Å². The smallest absolute Gasteiger partial charge is 0.339 e. The van der Waals surface area contributed by atoms with Gasteiger partial charge in [-0.3, -0.25) is 0 Å². The quantitative estimate of drug-likeness (QED) is 0.273. The largest absolute Gasteiger partial charge is 0.493 e. The predicted octanol–water partition coefficient (Wildman–Crippen LogP) is 3.37. The summed E-state index contributed by atoms with van der Waals surface area (Å²) in [5.41, 5.74) is 2.03. The SMILES string of the molecule is NN=Cc1ccc(CCOc2cccc(OS(=O)(=O)c3ccccc3)c2)cc1. The average molecular weight is 396 g/mol. The maximum absolute atomic E-state index is 12.3. The molecule has 2 N–H and O–H groups in total. The zero-order valence-electron chi connectivity index (χ0n) is 15.1. The first-order valence-corrected chi connectivity index (χ1v) is 10.0. The Morgan fingerprint density at radius 2 is 1.61 bits per heavy atom. The number of benzene rings is 3. The highest BCUT2D eigenvalue weighted by Crippen LogP contribution is 2.23. The van der Waals surface area contributed by atoms with E-state index in [1.54, 1.807) is 48.7 Å². The van der Waals surface area contributed by atoms with Crippen molar-refractivity contribution >= 4 is 16.3 Å². The van der Waals surface area contributed by atoms with Crippen molar-refractivity contribution in [3.8, 4) is 11.5 Å². The lowest BCUT2D eigenvalue weighted by molar-refractivity contribution is 0.321. The molecule has 0 radical (unpaired) electrons. The Labute approximate surface area is 164 Å². The number of nitrogens with two attached hydrogens (primary N) is 1. The molecule has 28 heavy (non-hydrogen) atoms. The molecule has 0 amide bonds. The van der Waals surface area contributed by atoms with E-state index in [-0.39, 0.29) is 10.6 Å². The number of hydrogen-bond donors (Lipinski definition) is 1. The third-order valence-corrected chi connectivity index (χ3v) is 5.17. The number of hydrazone groups is 1. The van der Waals surface area contributed by atoms with Crippen LogP contribution in [0, 0.1) is 0 Å². The topological polar surface area (TPSA) is 91.0 Å². The molecule has 0 spiro atoms. The monoisotopic (exact) mass is 396 g/mol. The van der Waals surface area contributed by atoms with Crippen LogP contribution in [0.15, 0.2) is 88.9 Å². The van der Waals surface area contributed by atoms with E-state index in [2.05, 4.69) is 5.10 Å². The summed E-state index contributed by atoms with van der Waals surface area (Å²) in [6.07, 6.45) is 2.28. The van der Waals surface area contributed by atoms with E-state index >= 15 is 0 Å². The standard InChI is InChI=1S/C21H20N2O4S/c22-23-16-18-11-9-17(10-12-18)13-14-26-19-5-4-6-20(15-19)27-28(24,25)21-7-2-1-3-8-21/h1-12,15-16H,13-14,22H2. The first-order chi connectivity index (χ1) is 13.6. The van der Waals surface area contributed by atoms with Gasteiger partial charge in [0.15, 0.2) is 0 Å². The van der Waals surface area contributed by atoms with Crippen molar-refractivity contribution in [2.75, 3.05) is 6.61 Å². The highest BCUT2D eigenvalue weighted by molar-refractivity contribution is 7.87. The Balaban J connectivity index is 1.59. The molecule has 0 saturated carbocycles. The average Bonchev–Trinajstić information content (AvgIpc) is 2.70. The second kappa shape index (κ2) is 9.05. The summed E-state index contributed by atoms with van der Waals surface area (Å²) in [4.78, 5) is 0.101. The lowest BCUT2D eigenvalue weighted by Crippen LogP contribution is -2.09. The van der Waals surface area contributed by atoms with Crippen molar-refractivity contribution in [3.05, 3.63) is 90.0 Å². The van der Waals surface area contributed by atoms with E-state index in [1.807, 2.05) is 24.3 Å². The van der Waals surface area contributed by atoms with Gasteiger partial charge in [-0.05, 0) is 35.4 Å². The molecule has 0 aliphatic rings. The molecule has 6 nitrogen and oxygen atoms in total. The molecule has 7 heteroatoms. The van der Waals surface area contributed by atoms with Gasteiger partial charge in [0, 0.05) is 12.5 Å². The zero-order valence-corrected chi connectivity index (χ0v) is 15.9. The predicted molar refractivity (Wildman–Crippen MR) is 108 cm³/mol. The lowest BCUT2D eigenvalue weighted by Gasteiger charge is -2.10. The fourth-order valence-corrected chi connectivity index (χ4v) is 3.46. The van der Waals surface area contributed by atoms with Crippen LogP contribution >= 0.6 is 0 Å². The van der Waals surface area contributed by atoms with Gasteiger partial charge in [0.1, 0.15) is 16.4 Å². The molecule has 0 bridgehead atoms. The second-order valence-electron chi connectivity index (χ2n) is 5.94. The number of rotatable bonds is 8. The van der Waals surface area contributed by atoms with Gasteiger partial charge in [0.05, 0.1) is 12.8 Å². The maximum atomic E-state index is 12.3. The van der Waals surface area contributed by atoms with Crippen LogP contribution in [0.4, 0.5) is 0 Å². The molecule has 3 aromatic carbocycles. The molecule has 0 saturated heterocycles. The first-order valence-electron chi connectivity index (χ1n) is 8.61. The summed E-state index contributed by atoms with van der Waals surface area (Å²) in [5, 5.41) is 3.49. The summed E-state index contributed by atoms with van der Waals surface area (Å²) in [5.74, 6) is 5.86. The molecule has 0 aliphatic heterocycles. The van der Waals surface area contributed by atoms with Gasteiger partial charge < -0.3 is 14.8 Å². The van der Waals surface area contributed by atoms with Crippen molar-refractivity contribution in [2.45, 2.75) is 11.3 Å². The third kappa shape index (κ3) is 5.34. The molecule has 0 aliphatic carbocycles. The minimum atomic E-state index is -3.88. The molecule has 0 fully saturated rings. The third-order valence-electron chi connectivity index (χ3n) is 3.91. The number of ether oxygens (including phenoxy) is 1. The Morgan fingerprint density at radius 3 is 2.32 bits per heavy atom. The molecule has 144 valence electrons. The Bertz CT molecular complexity index is 1030. The van der Waals surface area contributed by atoms with E-state index < -0.39 is 10.1 Å². The zero-order chi connectivity index (χ0) is 19.8. The summed E-state index contributed by atoms with van der Waals surface area (Å²) in [7, 11) is -3.88. The normalized spacial score (nSPS) is 11.4. The summed E-state index contributed by atoms with van der Waals surface area (Å²) in [6.45, 7) is 0.444. The van der Waals surface area contributed by atoms with Crippen LogP contribution in [0.25, 0.3) is 0 Å². The molecular formula is C21H20N2O4S. The molecule has 3 rings (SSSR count). The van der Waals surface area contributed by atoms with Crippen LogP contribution in [0.2, 0.25) is 0 Å². The van der Waals surface area contributed by atoms with E-state index in [4.69, 9.17) is 14.8 Å². The van der Waals surface area contributed by atoms with E-state index in [0.29, 0.717) is 18.8 Å². The van der Waals surface area contributed by atoms with Crippen molar-refractivity contribution < 1.29 is 17.3 Å². The first kappa shape index (κ1) is 19.4. The Kier molecular flexibility index (Phi) is 6.29. The maximum Gasteiger partial charge on any atom is 0.339 e. The molecule has 0 aromatic heterocycles. The summed E-state index contributed by atoms with van der Waals surface area (Å²) in [6, 6.07) is 22.4. The van der Waals surface area contributed by atoms with Gasteiger partial charge in [-0.25, -0.2) is 0 Å². The second-order valence-corrected chi connectivity index (χ2v) is 7.49. The van der Waals surface area contributed by atoms with Crippen LogP contribution in [0.3, 0.4) is 0 Å². The van der Waals surface area contributed by atoms with Crippen LogP contribution in [-0.4, -0.2) is 21.2 Å². The van der Waals surface area contributed by atoms with Crippen LogP contribution in [0.1, 0.15) is 11.1 Å². The van der Waals surface area contributed by atoms with Gasteiger partial charge in [-0.15, -0.1) is 0 Å². The minimum absolute atomic E-state index is 0.101. The summed E-state index contributed by atoms with van der Waals surface area (Å²) >= 11 is 0. The number of nitrogens with zero attached hydrogens (tertiary/aromatic N) is 1. The van der Waals surface area contributed by atoms with Gasteiger partial charge >= 0.3 is 10.1 Å². The van der Waals surface area contributed by atoms with Gasteiger partial charge in [0.25, 0.3) is 0 Å². The molecule has 3 aromatic rings. The van der Waals surface area contributed by atoms with E-state index in [0.717, 1.165) is 11.1 Å². The van der Waals surface area contributed by atoms with Crippen molar-refractivity contribution in [3.63, 3.8) is 0 Å². The molecule has 0 heterocycles. The van der Waals surface area contributed by atoms with Crippen LogP contribution < -0.4 is 14.8 Å². The highest BCUT2D eigenvalue weighted by Gasteiger charge is 2.16. The van der Waals surface area contributed by atoms with Crippen molar-refractivity contribution in [1.29, 1.82) is 0 Å². The molecule has 0 unspecified atom stereocenters. The molecular weight excluding hydrogens is 376 g/mol.